The molecule has 32 heavy (non-hydrogen) atoms. The van der Waals surface area contributed by atoms with Crippen molar-refractivity contribution >= 4 is 23.3 Å². The summed E-state index contributed by atoms with van der Waals surface area (Å²) in [6.45, 7) is 4.87. The quantitative estimate of drug-likeness (QED) is 0.599. The second-order valence-corrected chi connectivity index (χ2v) is 7.79. The smallest absolute Gasteiger partial charge is 0.339 e. The number of para-hydroxylation sites is 2. The fourth-order valence-electron chi connectivity index (χ4n) is 3.90. The van der Waals surface area contributed by atoms with Gasteiger partial charge in [-0.15, -0.1) is 0 Å². The van der Waals surface area contributed by atoms with Gasteiger partial charge in [0.1, 0.15) is 0 Å². The number of carbonyl (C=O) groups is 2. The highest BCUT2D eigenvalue weighted by atomic mass is 16.5. The van der Waals surface area contributed by atoms with E-state index >= 15 is 0 Å². The van der Waals surface area contributed by atoms with E-state index in [2.05, 4.69) is 39.4 Å². The number of nitrogens with zero attached hydrogens (tertiary/aromatic N) is 2. The van der Waals surface area contributed by atoms with Gasteiger partial charge in [-0.25, -0.2) is 4.79 Å². The lowest BCUT2D eigenvalue weighted by molar-refractivity contribution is 0.0602. The van der Waals surface area contributed by atoms with Crippen LogP contribution in [0.4, 0.5) is 11.4 Å². The van der Waals surface area contributed by atoms with Crippen molar-refractivity contribution in [3.8, 4) is 0 Å². The molecule has 1 aliphatic rings. The number of esters is 1. The molecular formula is C26H27N3O3. The van der Waals surface area contributed by atoms with Crippen LogP contribution in [0.1, 0.15) is 26.3 Å². The van der Waals surface area contributed by atoms with Crippen LogP contribution in [0.3, 0.4) is 0 Å². The predicted octanol–water partition coefficient (Wildman–Crippen LogP) is 4.05. The first-order chi connectivity index (χ1) is 15.6. The summed E-state index contributed by atoms with van der Waals surface area (Å²) in [4.78, 5) is 29.4. The van der Waals surface area contributed by atoms with Crippen molar-refractivity contribution in [1.82, 2.24) is 4.90 Å². The van der Waals surface area contributed by atoms with Gasteiger partial charge in [-0.2, -0.15) is 0 Å². The van der Waals surface area contributed by atoms with Crippen LogP contribution in [0.5, 0.6) is 0 Å². The van der Waals surface area contributed by atoms with Gasteiger partial charge in [0.2, 0.25) is 0 Å². The number of anilines is 2. The summed E-state index contributed by atoms with van der Waals surface area (Å²) in [6, 6.07) is 25.0. The van der Waals surface area contributed by atoms with Crippen LogP contribution in [-0.4, -0.2) is 50.1 Å². The zero-order valence-corrected chi connectivity index (χ0v) is 18.2. The van der Waals surface area contributed by atoms with Crippen LogP contribution in [0.25, 0.3) is 0 Å². The molecule has 3 aromatic rings. The van der Waals surface area contributed by atoms with Crippen molar-refractivity contribution in [1.29, 1.82) is 0 Å². The zero-order valence-electron chi connectivity index (χ0n) is 18.2. The van der Waals surface area contributed by atoms with Crippen LogP contribution in [0.2, 0.25) is 0 Å². The highest BCUT2D eigenvalue weighted by Gasteiger charge is 2.18. The van der Waals surface area contributed by atoms with Gasteiger partial charge < -0.3 is 15.0 Å². The molecule has 0 spiro atoms. The first-order valence-corrected chi connectivity index (χ1v) is 10.7. The lowest BCUT2D eigenvalue weighted by Crippen LogP contribution is -2.45. The van der Waals surface area contributed by atoms with Gasteiger partial charge in [0.05, 0.1) is 18.4 Å². The van der Waals surface area contributed by atoms with Crippen molar-refractivity contribution < 1.29 is 14.3 Å². The third-order valence-corrected chi connectivity index (χ3v) is 5.70. The Hall–Kier alpha value is -3.64. The number of ether oxygens (including phenoxy) is 1. The van der Waals surface area contributed by atoms with Crippen molar-refractivity contribution in [2.45, 2.75) is 6.54 Å². The molecule has 0 aliphatic carbocycles. The molecule has 164 valence electrons. The Morgan fingerprint density at radius 1 is 0.844 bits per heavy atom. The van der Waals surface area contributed by atoms with Crippen LogP contribution < -0.4 is 10.2 Å². The number of benzene rings is 3. The van der Waals surface area contributed by atoms with Crippen LogP contribution in [-0.2, 0) is 11.3 Å². The van der Waals surface area contributed by atoms with Gasteiger partial charge >= 0.3 is 5.97 Å². The Kier molecular flexibility index (Phi) is 6.82. The molecule has 0 radical (unpaired) electrons. The zero-order chi connectivity index (χ0) is 22.3. The highest BCUT2D eigenvalue weighted by Crippen LogP contribution is 2.19. The van der Waals surface area contributed by atoms with Gasteiger partial charge in [-0.3, -0.25) is 9.69 Å². The molecule has 0 saturated carbocycles. The largest absolute Gasteiger partial charge is 0.465 e. The van der Waals surface area contributed by atoms with Crippen LogP contribution in [0, 0.1) is 0 Å². The molecular weight excluding hydrogens is 402 g/mol. The number of carbonyl (C=O) groups excluding carboxylic acids is 2. The number of amides is 1. The Balaban J connectivity index is 1.33. The number of rotatable bonds is 6. The molecule has 1 amide bonds. The summed E-state index contributed by atoms with van der Waals surface area (Å²) >= 11 is 0. The van der Waals surface area contributed by atoms with E-state index in [0.717, 1.165) is 32.7 Å². The van der Waals surface area contributed by atoms with Crippen LogP contribution in [0.15, 0.2) is 78.9 Å². The average Bonchev–Trinajstić information content (AvgIpc) is 2.85. The summed E-state index contributed by atoms with van der Waals surface area (Å²) in [7, 11) is 1.32. The van der Waals surface area contributed by atoms with E-state index in [1.165, 1.54) is 18.4 Å². The molecule has 0 aromatic heterocycles. The molecule has 1 heterocycles. The minimum atomic E-state index is -0.483. The van der Waals surface area contributed by atoms with E-state index in [9.17, 15) is 9.59 Å². The lowest BCUT2D eigenvalue weighted by atomic mass is 10.1. The van der Waals surface area contributed by atoms with E-state index in [-0.39, 0.29) is 5.91 Å². The number of piperazine rings is 1. The maximum Gasteiger partial charge on any atom is 0.339 e. The van der Waals surface area contributed by atoms with Crippen molar-refractivity contribution in [3.63, 3.8) is 0 Å². The topological polar surface area (TPSA) is 61.9 Å². The van der Waals surface area contributed by atoms with Crippen molar-refractivity contribution in [2.24, 2.45) is 0 Å². The average molecular weight is 430 g/mol. The van der Waals surface area contributed by atoms with E-state index in [0.29, 0.717) is 16.8 Å². The fourth-order valence-corrected chi connectivity index (χ4v) is 3.90. The molecule has 0 atom stereocenters. The monoisotopic (exact) mass is 429 g/mol. The standard InChI is InChI=1S/C26H27N3O3/c1-32-26(31)23-9-5-6-10-24(23)27-25(30)21-13-11-20(12-14-21)19-28-15-17-29(18-16-28)22-7-3-2-4-8-22/h2-14H,15-19H2,1H3,(H,27,30). The molecule has 1 fully saturated rings. The summed E-state index contributed by atoms with van der Waals surface area (Å²) in [5.41, 5.74) is 3.75. The van der Waals surface area contributed by atoms with E-state index in [1.54, 1.807) is 24.3 Å². The summed E-state index contributed by atoms with van der Waals surface area (Å²) in [5.74, 6) is -0.743. The van der Waals surface area contributed by atoms with Gasteiger partial charge in [0.15, 0.2) is 0 Å². The summed E-state index contributed by atoms with van der Waals surface area (Å²) in [5, 5.41) is 2.81. The third-order valence-electron chi connectivity index (χ3n) is 5.70. The first kappa shape index (κ1) is 21.6. The SMILES string of the molecule is COC(=O)c1ccccc1NC(=O)c1ccc(CN2CCN(c3ccccc3)CC2)cc1. The van der Waals surface area contributed by atoms with Gasteiger partial charge in [0.25, 0.3) is 5.91 Å². The molecule has 1 saturated heterocycles. The predicted molar refractivity (Wildman–Crippen MR) is 126 cm³/mol. The van der Waals surface area contributed by atoms with E-state index < -0.39 is 5.97 Å². The minimum Gasteiger partial charge on any atom is -0.465 e. The maximum atomic E-state index is 12.7. The molecule has 0 unspecified atom stereocenters. The van der Waals surface area contributed by atoms with Crippen LogP contribution >= 0.6 is 0 Å². The molecule has 3 aromatic carbocycles. The van der Waals surface area contributed by atoms with Gasteiger partial charge in [-0.05, 0) is 42.0 Å². The molecule has 6 heteroatoms. The van der Waals surface area contributed by atoms with E-state index in [4.69, 9.17) is 4.74 Å². The summed E-state index contributed by atoms with van der Waals surface area (Å²) < 4.78 is 4.79. The van der Waals surface area contributed by atoms with Crippen molar-refractivity contribution in [2.75, 3.05) is 43.5 Å². The molecule has 6 nitrogen and oxygen atoms in total. The van der Waals surface area contributed by atoms with Gasteiger partial charge in [0, 0.05) is 44.0 Å². The Bertz CT molecular complexity index is 1060. The second-order valence-electron chi connectivity index (χ2n) is 7.79. The Labute approximate surface area is 188 Å². The fraction of sp³-hybridized carbons (Fsp3) is 0.231. The maximum absolute atomic E-state index is 12.7. The molecule has 1 aliphatic heterocycles. The van der Waals surface area contributed by atoms with Gasteiger partial charge in [-0.1, -0.05) is 42.5 Å². The van der Waals surface area contributed by atoms with Crippen molar-refractivity contribution in [3.05, 3.63) is 95.6 Å². The molecule has 0 bridgehead atoms. The highest BCUT2D eigenvalue weighted by molar-refractivity contribution is 6.08. The Morgan fingerprint density at radius 3 is 2.19 bits per heavy atom. The number of hydrogen-bond donors (Lipinski definition) is 1. The number of methoxy groups -OCH3 is 1. The minimum absolute atomic E-state index is 0.260. The normalized spacial score (nSPS) is 14.1. The third kappa shape index (κ3) is 5.15. The number of nitrogens with one attached hydrogen (secondary N) is 1. The molecule has 4 rings (SSSR count). The van der Waals surface area contributed by atoms with E-state index in [1.807, 2.05) is 30.3 Å². The lowest BCUT2D eigenvalue weighted by Gasteiger charge is -2.36. The number of hydrogen-bond acceptors (Lipinski definition) is 5. The second kappa shape index (κ2) is 10.1. The Morgan fingerprint density at radius 2 is 1.50 bits per heavy atom. The summed E-state index contributed by atoms with van der Waals surface area (Å²) in [6.07, 6.45) is 0. The molecule has 1 N–H and O–H groups in total. The first-order valence-electron chi connectivity index (χ1n) is 10.7.